The first-order chi connectivity index (χ1) is 14.3. The molecule has 0 saturated heterocycles. The van der Waals surface area contributed by atoms with Gasteiger partial charge in [-0.25, -0.2) is 0 Å². The van der Waals surface area contributed by atoms with E-state index >= 15 is 0 Å². The van der Waals surface area contributed by atoms with Gasteiger partial charge in [0, 0.05) is 18.7 Å². The lowest BCUT2D eigenvalue weighted by Gasteiger charge is -2.19. The molecule has 2 amide bonds. The largest absolute Gasteiger partial charge is 0.494 e. The number of rotatable bonds is 10. The maximum Gasteiger partial charge on any atom is 0.257 e. The van der Waals surface area contributed by atoms with E-state index < -0.39 is 0 Å². The summed E-state index contributed by atoms with van der Waals surface area (Å²) in [6, 6.07) is 15.0. The van der Waals surface area contributed by atoms with Crippen LogP contribution in [0.1, 0.15) is 46.1 Å². The summed E-state index contributed by atoms with van der Waals surface area (Å²) >= 11 is 0. The van der Waals surface area contributed by atoms with Crippen molar-refractivity contribution in [3.05, 3.63) is 54.1 Å². The second-order valence-electron chi connectivity index (χ2n) is 8.04. The van der Waals surface area contributed by atoms with Crippen LogP contribution < -0.4 is 20.1 Å². The second kappa shape index (κ2) is 11.2. The zero-order chi connectivity index (χ0) is 22.0. The third kappa shape index (κ3) is 8.15. The van der Waals surface area contributed by atoms with Crippen molar-refractivity contribution < 1.29 is 19.1 Å². The van der Waals surface area contributed by atoms with Crippen LogP contribution in [0.3, 0.4) is 0 Å². The lowest BCUT2D eigenvalue weighted by atomic mass is 9.87. The van der Waals surface area contributed by atoms with Crippen LogP contribution in [0.25, 0.3) is 0 Å². The minimum atomic E-state index is -0.165. The molecule has 2 N–H and O–H groups in total. The van der Waals surface area contributed by atoms with E-state index in [1.807, 2.05) is 19.1 Å². The third-order valence-corrected chi connectivity index (χ3v) is 4.42. The van der Waals surface area contributed by atoms with Gasteiger partial charge < -0.3 is 20.1 Å². The number of amides is 2. The van der Waals surface area contributed by atoms with Gasteiger partial charge in [0.2, 0.25) is 5.91 Å². The number of benzene rings is 2. The Balaban J connectivity index is 1.67. The maximum absolute atomic E-state index is 12.1. The summed E-state index contributed by atoms with van der Waals surface area (Å²) in [7, 11) is 0. The van der Waals surface area contributed by atoms with Gasteiger partial charge in [0.25, 0.3) is 5.91 Å². The molecule has 0 aliphatic heterocycles. The van der Waals surface area contributed by atoms with Crippen LogP contribution in [-0.2, 0) is 15.0 Å². The van der Waals surface area contributed by atoms with Crippen molar-refractivity contribution in [3.63, 3.8) is 0 Å². The maximum atomic E-state index is 12.1. The molecule has 2 aromatic carbocycles. The Morgan fingerprint density at radius 2 is 1.47 bits per heavy atom. The summed E-state index contributed by atoms with van der Waals surface area (Å²) in [6.07, 6.45) is 0.996. The average molecular weight is 413 g/mol. The third-order valence-electron chi connectivity index (χ3n) is 4.42. The van der Waals surface area contributed by atoms with Crippen molar-refractivity contribution in [2.75, 3.05) is 25.1 Å². The summed E-state index contributed by atoms with van der Waals surface area (Å²) in [6.45, 7) is 9.40. The number of anilines is 1. The summed E-state index contributed by atoms with van der Waals surface area (Å²) in [4.78, 5) is 23.5. The molecular formula is C24H32N2O4. The van der Waals surface area contributed by atoms with E-state index in [1.165, 1.54) is 5.56 Å². The number of carbonyl (C=O) groups is 2. The van der Waals surface area contributed by atoms with Gasteiger partial charge in [-0.05, 0) is 60.7 Å². The molecule has 0 aromatic heterocycles. The molecule has 2 rings (SSSR count). The van der Waals surface area contributed by atoms with Crippen molar-refractivity contribution in [2.45, 2.75) is 46.0 Å². The first-order valence-corrected chi connectivity index (χ1v) is 10.3. The zero-order valence-corrected chi connectivity index (χ0v) is 18.3. The van der Waals surface area contributed by atoms with Gasteiger partial charge in [-0.3, -0.25) is 9.59 Å². The fraction of sp³-hybridized carbons (Fsp3) is 0.417. The Morgan fingerprint density at radius 3 is 2.07 bits per heavy atom. The molecule has 2 aromatic rings. The quantitative estimate of drug-likeness (QED) is 0.571. The molecule has 30 heavy (non-hydrogen) atoms. The van der Waals surface area contributed by atoms with Gasteiger partial charge in [-0.1, -0.05) is 32.9 Å². The Hall–Kier alpha value is -3.02. The van der Waals surface area contributed by atoms with E-state index in [1.54, 1.807) is 24.3 Å². The van der Waals surface area contributed by atoms with Gasteiger partial charge >= 0.3 is 0 Å². The van der Waals surface area contributed by atoms with Gasteiger partial charge in [-0.2, -0.15) is 0 Å². The first-order valence-electron chi connectivity index (χ1n) is 10.3. The fourth-order valence-corrected chi connectivity index (χ4v) is 2.73. The van der Waals surface area contributed by atoms with Crippen LogP contribution in [-0.4, -0.2) is 31.6 Å². The summed E-state index contributed by atoms with van der Waals surface area (Å²) in [5.41, 5.74) is 2.06. The van der Waals surface area contributed by atoms with E-state index in [2.05, 4.69) is 43.5 Å². The second-order valence-corrected chi connectivity index (χ2v) is 8.04. The molecule has 0 saturated carbocycles. The topological polar surface area (TPSA) is 76.7 Å². The highest BCUT2D eigenvalue weighted by Crippen LogP contribution is 2.24. The SMILES string of the molecule is CCNC(=O)COc1ccc(NC(=O)CCCOc2ccc(C(C)(C)C)cc2)cc1. The number of nitrogens with one attached hydrogen (secondary N) is 2. The van der Waals surface area contributed by atoms with Crippen molar-refractivity contribution in [1.82, 2.24) is 5.32 Å². The smallest absolute Gasteiger partial charge is 0.257 e. The molecular weight excluding hydrogens is 380 g/mol. The van der Waals surface area contributed by atoms with E-state index in [0.717, 1.165) is 5.75 Å². The highest BCUT2D eigenvalue weighted by Gasteiger charge is 2.13. The molecule has 0 unspecified atom stereocenters. The standard InChI is InChI=1S/C24H32N2O4/c1-5-25-23(28)17-30-21-14-10-19(11-15-21)26-22(27)7-6-16-29-20-12-8-18(9-13-20)24(2,3)4/h8-15H,5-7,16-17H2,1-4H3,(H,25,28)(H,26,27). The van der Waals surface area contributed by atoms with Crippen molar-refractivity contribution >= 4 is 17.5 Å². The van der Waals surface area contributed by atoms with E-state index in [-0.39, 0.29) is 23.8 Å². The van der Waals surface area contributed by atoms with Gasteiger partial charge in [-0.15, -0.1) is 0 Å². The zero-order valence-electron chi connectivity index (χ0n) is 18.3. The number of ether oxygens (including phenoxy) is 2. The molecule has 162 valence electrons. The number of likely N-dealkylation sites (N-methyl/N-ethyl adjacent to an activating group) is 1. The lowest BCUT2D eigenvalue weighted by Crippen LogP contribution is -2.28. The Labute approximate surface area is 179 Å². The first kappa shape index (κ1) is 23.3. The van der Waals surface area contributed by atoms with Gasteiger partial charge in [0.05, 0.1) is 6.61 Å². The fourth-order valence-electron chi connectivity index (χ4n) is 2.73. The van der Waals surface area contributed by atoms with Gasteiger partial charge in [0.1, 0.15) is 11.5 Å². The minimum absolute atomic E-state index is 0.0293. The average Bonchev–Trinajstić information content (AvgIpc) is 2.71. The summed E-state index contributed by atoms with van der Waals surface area (Å²) in [5.74, 6) is 1.15. The molecule has 0 radical (unpaired) electrons. The minimum Gasteiger partial charge on any atom is -0.494 e. The van der Waals surface area contributed by atoms with Crippen LogP contribution in [0.4, 0.5) is 5.69 Å². The Morgan fingerprint density at radius 1 is 0.867 bits per heavy atom. The van der Waals surface area contributed by atoms with Crippen LogP contribution >= 0.6 is 0 Å². The van der Waals surface area contributed by atoms with Crippen molar-refractivity contribution in [1.29, 1.82) is 0 Å². The van der Waals surface area contributed by atoms with Crippen LogP contribution in [0.5, 0.6) is 11.5 Å². The Bertz CT molecular complexity index is 809. The van der Waals surface area contributed by atoms with Gasteiger partial charge in [0.15, 0.2) is 6.61 Å². The number of hydrogen-bond acceptors (Lipinski definition) is 4. The number of hydrogen-bond donors (Lipinski definition) is 2. The summed E-state index contributed by atoms with van der Waals surface area (Å²) < 4.78 is 11.1. The van der Waals surface area contributed by atoms with Crippen LogP contribution in [0, 0.1) is 0 Å². The van der Waals surface area contributed by atoms with E-state index in [0.29, 0.717) is 37.4 Å². The molecule has 0 fully saturated rings. The van der Waals surface area contributed by atoms with E-state index in [4.69, 9.17) is 9.47 Å². The Kier molecular flexibility index (Phi) is 8.71. The van der Waals surface area contributed by atoms with Crippen LogP contribution in [0.2, 0.25) is 0 Å². The molecule has 0 bridgehead atoms. The number of carbonyl (C=O) groups excluding carboxylic acids is 2. The molecule has 6 heteroatoms. The monoisotopic (exact) mass is 412 g/mol. The highest BCUT2D eigenvalue weighted by molar-refractivity contribution is 5.90. The normalized spacial score (nSPS) is 10.9. The summed E-state index contributed by atoms with van der Waals surface area (Å²) in [5, 5.41) is 5.51. The predicted molar refractivity (Wildman–Crippen MR) is 119 cm³/mol. The molecule has 0 aliphatic rings. The van der Waals surface area contributed by atoms with Crippen molar-refractivity contribution in [3.8, 4) is 11.5 Å². The molecule has 0 spiro atoms. The molecule has 0 heterocycles. The molecule has 0 aliphatic carbocycles. The highest BCUT2D eigenvalue weighted by atomic mass is 16.5. The lowest BCUT2D eigenvalue weighted by molar-refractivity contribution is -0.123. The molecule has 6 nitrogen and oxygen atoms in total. The predicted octanol–water partition coefficient (Wildman–Crippen LogP) is 4.30. The van der Waals surface area contributed by atoms with Crippen molar-refractivity contribution in [2.24, 2.45) is 0 Å². The molecule has 0 atom stereocenters. The van der Waals surface area contributed by atoms with Crippen LogP contribution in [0.15, 0.2) is 48.5 Å². The van der Waals surface area contributed by atoms with E-state index in [9.17, 15) is 9.59 Å².